The average molecular weight is 758 g/mol. The number of hydrogen-bond acceptors (Lipinski definition) is 4. The number of methoxy groups -OCH3 is 1. The zero-order chi connectivity index (χ0) is 39.4. The number of para-hydroxylation sites is 4. The number of nitrogens with zero attached hydrogens (tertiary/aromatic N) is 1. The Kier molecular flexibility index (Phi) is 7.45. The fraction of sp³-hybridized carbons (Fsp3) is 0.222. The maximum absolute atomic E-state index is 7.78. The van der Waals surface area contributed by atoms with E-state index in [0.717, 1.165) is 69.4 Å². The van der Waals surface area contributed by atoms with Gasteiger partial charge in [-0.15, -0.1) is 0 Å². The van der Waals surface area contributed by atoms with Crippen molar-refractivity contribution in [3.05, 3.63) is 179 Å². The lowest BCUT2D eigenvalue weighted by Gasteiger charge is -2.52. The summed E-state index contributed by atoms with van der Waals surface area (Å²) in [5.74, 6) is 3.42. The van der Waals surface area contributed by atoms with Crippen LogP contribution in [0.4, 0.5) is 17.1 Å². The Hall–Kier alpha value is -6.26. The smallest absolute Gasteiger partial charge is 0.178 e. The molecule has 58 heavy (non-hydrogen) atoms. The van der Waals surface area contributed by atoms with Crippen LogP contribution in [0.15, 0.2) is 152 Å². The summed E-state index contributed by atoms with van der Waals surface area (Å²) in [4.78, 5) is 2.28. The molecule has 7 aromatic rings. The molecule has 2 aliphatic heterocycles. The van der Waals surface area contributed by atoms with Crippen molar-refractivity contribution in [2.75, 3.05) is 12.0 Å². The molecule has 0 saturated heterocycles. The van der Waals surface area contributed by atoms with Gasteiger partial charge in [0.25, 0.3) is 0 Å². The van der Waals surface area contributed by atoms with E-state index in [1.165, 1.54) is 39.6 Å². The highest BCUT2D eigenvalue weighted by atomic mass is 16.5. The molecule has 4 aliphatic rings. The Labute approximate surface area is 341 Å². The van der Waals surface area contributed by atoms with Crippen LogP contribution >= 0.6 is 0 Å². The van der Waals surface area contributed by atoms with E-state index in [1.54, 1.807) is 7.11 Å². The van der Waals surface area contributed by atoms with Crippen molar-refractivity contribution in [3.8, 4) is 34.1 Å². The Morgan fingerprint density at radius 1 is 0.586 bits per heavy atom. The number of anilines is 3. The second-order valence-corrected chi connectivity index (χ2v) is 18.3. The molecule has 11 rings (SSSR count). The minimum atomic E-state index is -0.917. The molecule has 0 aromatic heterocycles. The average Bonchev–Trinajstić information content (AvgIpc) is 3.50. The van der Waals surface area contributed by atoms with Gasteiger partial charge in [-0.3, -0.25) is 0 Å². The van der Waals surface area contributed by atoms with E-state index < -0.39 is 5.60 Å². The van der Waals surface area contributed by atoms with Gasteiger partial charge >= 0.3 is 0 Å². The van der Waals surface area contributed by atoms with E-state index in [1.807, 2.05) is 36.4 Å². The third-order valence-electron chi connectivity index (χ3n) is 13.2. The van der Waals surface area contributed by atoms with Gasteiger partial charge in [0.05, 0.1) is 18.5 Å². The van der Waals surface area contributed by atoms with Crippen LogP contribution in [0.3, 0.4) is 0 Å². The summed E-state index contributed by atoms with van der Waals surface area (Å²) in [5, 5.41) is 2.39. The molecule has 1 spiro atoms. The van der Waals surface area contributed by atoms with Crippen LogP contribution in [0.25, 0.3) is 28.0 Å². The number of ether oxygens (including phenoxy) is 3. The van der Waals surface area contributed by atoms with E-state index >= 15 is 0 Å². The molecule has 1 atom stereocenters. The molecule has 286 valence electrons. The van der Waals surface area contributed by atoms with Gasteiger partial charge in [0, 0.05) is 33.2 Å². The Bertz CT molecular complexity index is 2750. The maximum Gasteiger partial charge on any atom is 0.178 e. The minimum Gasteiger partial charge on any atom is -0.497 e. The molecule has 1 saturated carbocycles. The van der Waals surface area contributed by atoms with Crippen LogP contribution in [-0.4, -0.2) is 7.11 Å². The Morgan fingerprint density at radius 3 is 1.81 bits per heavy atom. The monoisotopic (exact) mass is 757 g/mol. The van der Waals surface area contributed by atoms with Crippen molar-refractivity contribution < 1.29 is 14.2 Å². The van der Waals surface area contributed by atoms with Gasteiger partial charge in [0.1, 0.15) is 11.5 Å². The second-order valence-electron chi connectivity index (χ2n) is 18.3. The zero-order valence-electron chi connectivity index (χ0n) is 33.8. The predicted octanol–water partition coefficient (Wildman–Crippen LogP) is 14.3. The van der Waals surface area contributed by atoms with Crippen molar-refractivity contribution in [1.29, 1.82) is 0 Å². The van der Waals surface area contributed by atoms with E-state index in [2.05, 4.69) is 154 Å². The lowest BCUT2D eigenvalue weighted by Crippen LogP contribution is -2.44. The van der Waals surface area contributed by atoms with Crippen LogP contribution in [0.1, 0.15) is 74.8 Å². The summed E-state index contributed by atoms with van der Waals surface area (Å²) < 4.78 is 19.8. The van der Waals surface area contributed by atoms with E-state index in [-0.39, 0.29) is 16.2 Å². The maximum atomic E-state index is 7.78. The first kappa shape index (κ1) is 34.9. The number of fused-ring (bicyclic) bond motifs is 12. The number of benzene rings is 7. The summed E-state index contributed by atoms with van der Waals surface area (Å²) in [6, 6.07) is 51.9. The zero-order valence-corrected chi connectivity index (χ0v) is 33.8. The van der Waals surface area contributed by atoms with Crippen molar-refractivity contribution >= 4 is 33.9 Å². The number of hydrogen-bond donors (Lipinski definition) is 0. The third kappa shape index (κ3) is 5.06. The fourth-order valence-electron chi connectivity index (χ4n) is 11.8. The third-order valence-corrected chi connectivity index (χ3v) is 13.2. The summed E-state index contributed by atoms with van der Waals surface area (Å²) in [6.45, 7) is 9.90. The molecule has 0 N–H and O–H groups in total. The molecule has 0 bridgehead atoms. The van der Waals surface area contributed by atoms with Gasteiger partial charge in [0.15, 0.2) is 17.1 Å². The molecular formula is C54H47NO3. The molecule has 4 heteroatoms. The van der Waals surface area contributed by atoms with Gasteiger partial charge < -0.3 is 19.1 Å². The minimum absolute atomic E-state index is 0.147. The molecule has 1 unspecified atom stereocenters. The molecule has 1 fully saturated rings. The molecule has 2 aliphatic carbocycles. The molecule has 7 aromatic carbocycles. The van der Waals surface area contributed by atoms with E-state index in [4.69, 9.17) is 14.2 Å². The van der Waals surface area contributed by atoms with E-state index in [0.29, 0.717) is 0 Å². The van der Waals surface area contributed by atoms with Crippen LogP contribution in [0, 0.1) is 10.8 Å². The van der Waals surface area contributed by atoms with Crippen molar-refractivity contribution in [3.63, 3.8) is 0 Å². The lowest BCUT2D eigenvalue weighted by molar-refractivity contribution is 0.0642. The van der Waals surface area contributed by atoms with Crippen LogP contribution in [-0.2, 0) is 11.0 Å². The largest absolute Gasteiger partial charge is 0.497 e. The first-order chi connectivity index (χ1) is 28.1. The molecule has 4 nitrogen and oxygen atoms in total. The topological polar surface area (TPSA) is 30.9 Å². The van der Waals surface area contributed by atoms with Gasteiger partial charge in [-0.2, -0.15) is 0 Å². The highest BCUT2D eigenvalue weighted by molar-refractivity contribution is 6.08. The highest BCUT2D eigenvalue weighted by Crippen LogP contribution is 2.67. The number of rotatable bonds is 4. The van der Waals surface area contributed by atoms with Crippen LogP contribution in [0.2, 0.25) is 0 Å². The quantitative estimate of drug-likeness (QED) is 0.179. The molecule has 0 amide bonds. The predicted molar refractivity (Wildman–Crippen MR) is 236 cm³/mol. The second kappa shape index (κ2) is 12.4. The van der Waals surface area contributed by atoms with Crippen LogP contribution < -0.4 is 19.1 Å². The standard InChI is InChI=1S/C54H47NO3/c1-51(2)32-52(3,4)34-53(33-51)43-17-9-8-16-41(43)48-39-14-6-7-15-40(39)50-42(49(48)53)30-31-54(58-50,36-24-28-38(56-5)29-25-36)35-22-26-37(27-23-35)55-44-18-10-12-20-46(44)57-47-21-13-11-19-45(47)55/h6-31H,32-34H2,1-5H3. The molecule has 2 heterocycles. The normalized spacial score (nSPS) is 19.9. The highest BCUT2D eigenvalue weighted by Gasteiger charge is 2.55. The summed E-state index contributed by atoms with van der Waals surface area (Å²) >= 11 is 0. The Morgan fingerprint density at radius 2 is 1.16 bits per heavy atom. The van der Waals surface area contributed by atoms with Gasteiger partial charge in [-0.05, 0) is 112 Å². The van der Waals surface area contributed by atoms with Gasteiger partial charge in [-0.1, -0.05) is 131 Å². The van der Waals surface area contributed by atoms with Crippen LogP contribution in [0.5, 0.6) is 23.0 Å². The SMILES string of the molecule is COc1ccc(C2(c3ccc(N4c5ccccc5Oc5ccccc54)cc3)C=Cc3c4c(c5ccccc5c3O2)-c2ccccc2C42CC(C)(C)CC(C)(C)C2)cc1. The van der Waals surface area contributed by atoms with Crippen molar-refractivity contribution in [2.24, 2.45) is 10.8 Å². The molecule has 0 radical (unpaired) electrons. The Balaban J connectivity index is 1.13. The van der Waals surface area contributed by atoms with Gasteiger partial charge in [-0.25, -0.2) is 0 Å². The van der Waals surface area contributed by atoms with E-state index in [9.17, 15) is 0 Å². The fourth-order valence-corrected chi connectivity index (χ4v) is 11.8. The summed E-state index contributed by atoms with van der Waals surface area (Å²) in [5.41, 5.74) is 11.2. The summed E-state index contributed by atoms with van der Waals surface area (Å²) in [6.07, 6.45) is 8.09. The summed E-state index contributed by atoms with van der Waals surface area (Å²) in [7, 11) is 1.72. The van der Waals surface area contributed by atoms with Crippen molar-refractivity contribution in [2.45, 2.75) is 58.0 Å². The first-order valence-corrected chi connectivity index (χ1v) is 20.6. The van der Waals surface area contributed by atoms with Gasteiger partial charge in [0.2, 0.25) is 0 Å². The molecular weight excluding hydrogens is 711 g/mol. The first-order valence-electron chi connectivity index (χ1n) is 20.6. The lowest BCUT2D eigenvalue weighted by atomic mass is 9.52. The van der Waals surface area contributed by atoms with Crippen molar-refractivity contribution in [1.82, 2.24) is 0 Å².